The zero-order valence-corrected chi connectivity index (χ0v) is 30.9. The number of hydrogen-bond acceptors (Lipinski definition) is 3. The van der Waals surface area contributed by atoms with Gasteiger partial charge in [0.2, 0.25) is 0 Å². The number of aromatic amines is 1. The van der Waals surface area contributed by atoms with Crippen molar-refractivity contribution in [1.82, 2.24) is 9.97 Å². The highest BCUT2D eigenvalue weighted by molar-refractivity contribution is 6.18. The Morgan fingerprint density at radius 1 is 0.351 bits per heavy atom. The van der Waals surface area contributed by atoms with Crippen LogP contribution in [0.15, 0.2) is 205 Å². The maximum Gasteiger partial charge on any atom is 0.308 e. The Labute approximate surface area is 329 Å². The fraction of sp³-hybridized carbons (Fsp3) is 0. The van der Waals surface area contributed by atoms with Gasteiger partial charge in [0.25, 0.3) is 11.6 Å². The van der Waals surface area contributed by atoms with Gasteiger partial charge < -0.3 is 4.42 Å². The lowest BCUT2D eigenvalue weighted by Gasteiger charge is -2.13. The molecule has 2 aromatic heterocycles. The molecule has 11 rings (SSSR count). The first kappa shape index (κ1) is 32.7. The van der Waals surface area contributed by atoms with Crippen molar-refractivity contribution in [2.24, 2.45) is 0 Å². The zero-order chi connectivity index (χ0) is 37.7. The Morgan fingerprint density at radius 2 is 0.895 bits per heavy atom. The van der Waals surface area contributed by atoms with Gasteiger partial charge in [-0.15, -0.1) is 0 Å². The smallest absolute Gasteiger partial charge is 0.308 e. The van der Waals surface area contributed by atoms with Crippen molar-refractivity contribution >= 4 is 43.5 Å². The van der Waals surface area contributed by atoms with E-state index in [1.807, 2.05) is 48.5 Å². The van der Waals surface area contributed by atoms with Crippen LogP contribution < -0.4 is 4.98 Å². The first-order chi connectivity index (χ1) is 28.2. The monoisotopic (exact) mass is 728 g/mol. The van der Waals surface area contributed by atoms with Crippen molar-refractivity contribution < 1.29 is 9.40 Å². The standard InChI is InChI=1S/C53H33N3O/c1-3-17-36(18-4-1)51-54-52(37-19-5-2-6-20-37)56-53(55-51)39-24-11-23-38(31-39)44-28-14-30-48-49(44)47-33-40(43-27-12-21-34-15-7-9-25-41(34)43)32-46(50(47)57-48)45-29-13-22-35-16-8-10-26-42(35)45/h1-33H/p+1. The number of nitrogens with one attached hydrogen (secondary N) is 1. The molecule has 0 spiro atoms. The lowest BCUT2D eigenvalue weighted by Crippen LogP contribution is -2.17. The van der Waals surface area contributed by atoms with Gasteiger partial charge in [0.15, 0.2) is 0 Å². The van der Waals surface area contributed by atoms with Gasteiger partial charge in [-0.1, -0.05) is 156 Å². The van der Waals surface area contributed by atoms with E-state index in [1.165, 1.54) is 27.1 Å². The average Bonchev–Trinajstić information content (AvgIpc) is 3.68. The maximum absolute atomic E-state index is 6.94. The molecule has 0 fully saturated rings. The van der Waals surface area contributed by atoms with E-state index in [4.69, 9.17) is 14.4 Å². The Balaban J connectivity index is 1.15. The van der Waals surface area contributed by atoms with Crippen LogP contribution in [0, 0.1) is 0 Å². The van der Waals surface area contributed by atoms with E-state index in [0.29, 0.717) is 5.82 Å². The van der Waals surface area contributed by atoms with Crippen LogP contribution in [0.4, 0.5) is 0 Å². The van der Waals surface area contributed by atoms with Crippen molar-refractivity contribution in [2.75, 3.05) is 0 Å². The van der Waals surface area contributed by atoms with Gasteiger partial charge in [0, 0.05) is 16.3 Å². The van der Waals surface area contributed by atoms with E-state index < -0.39 is 0 Å². The molecule has 0 unspecified atom stereocenters. The molecule has 0 aliphatic carbocycles. The number of hydrogen-bond donors (Lipinski definition) is 0. The molecule has 2 heterocycles. The lowest BCUT2D eigenvalue weighted by atomic mass is 9.90. The SMILES string of the molecule is c1ccc(-c2nc(-c3ccccc3)[nH+]c(-c3cccc(-c4cccc5oc6c(-c7cccc8ccccc78)cc(-c7cccc8ccccc78)cc6c45)c3)n2)cc1. The zero-order valence-electron chi connectivity index (χ0n) is 30.9. The summed E-state index contributed by atoms with van der Waals surface area (Å²) < 4.78 is 6.94. The van der Waals surface area contributed by atoms with Gasteiger partial charge in [-0.05, 0) is 104 Å². The maximum atomic E-state index is 6.94. The largest absolute Gasteiger partial charge is 0.455 e. The van der Waals surface area contributed by atoms with Crippen LogP contribution in [0.1, 0.15) is 0 Å². The predicted octanol–water partition coefficient (Wildman–Crippen LogP) is 13.5. The van der Waals surface area contributed by atoms with E-state index in [-0.39, 0.29) is 0 Å². The minimum absolute atomic E-state index is 0.665. The minimum Gasteiger partial charge on any atom is -0.455 e. The minimum atomic E-state index is 0.665. The molecule has 1 N–H and O–H groups in total. The summed E-state index contributed by atoms with van der Waals surface area (Å²) in [4.78, 5) is 13.6. The van der Waals surface area contributed by atoms with Crippen LogP contribution in [0.3, 0.4) is 0 Å². The fourth-order valence-electron chi connectivity index (χ4n) is 8.29. The molecule has 9 aromatic carbocycles. The summed E-state index contributed by atoms with van der Waals surface area (Å²) in [6.45, 7) is 0. The highest BCUT2D eigenvalue weighted by Crippen LogP contribution is 2.45. The van der Waals surface area contributed by atoms with E-state index in [1.54, 1.807) is 0 Å². The fourth-order valence-corrected chi connectivity index (χ4v) is 8.29. The van der Waals surface area contributed by atoms with E-state index in [9.17, 15) is 0 Å². The molecule has 0 aliphatic heterocycles. The molecule has 4 heteroatoms. The van der Waals surface area contributed by atoms with Crippen molar-refractivity contribution in [1.29, 1.82) is 0 Å². The van der Waals surface area contributed by atoms with Gasteiger partial charge in [-0.25, -0.2) is 4.98 Å². The average molecular weight is 729 g/mol. The molecule has 11 aromatic rings. The Bertz CT molecular complexity index is 3230. The molecule has 0 saturated heterocycles. The van der Waals surface area contributed by atoms with Crippen LogP contribution in [0.5, 0.6) is 0 Å². The van der Waals surface area contributed by atoms with Gasteiger partial charge in [-0.3, -0.25) is 0 Å². The molecule has 0 amide bonds. The first-order valence-electron chi connectivity index (χ1n) is 19.2. The second kappa shape index (κ2) is 13.6. The summed E-state index contributed by atoms with van der Waals surface area (Å²) in [5.74, 6) is 2.17. The Kier molecular flexibility index (Phi) is 7.78. The highest BCUT2D eigenvalue weighted by Gasteiger charge is 2.22. The van der Waals surface area contributed by atoms with Crippen molar-refractivity contribution in [3.8, 4) is 67.5 Å². The van der Waals surface area contributed by atoms with E-state index >= 15 is 0 Å². The number of nitrogens with zero attached hydrogens (tertiary/aromatic N) is 2. The number of aromatic nitrogens is 3. The second-order valence-electron chi connectivity index (χ2n) is 14.4. The molecule has 0 atom stereocenters. The predicted molar refractivity (Wildman–Crippen MR) is 233 cm³/mol. The molecule has 0 saturated carbocycles. The van der Waals surface area contributed by atoms with Gasteiger partial charge in [-0.2, -0.15) is 0 Å². The third-order valence-electron chi connectivity index (χ3n) is 11.0. The van der Waals surface area contributed by atoms with Crippen LogP contribution in [0.25, 0.3) is 111 Å². The normalized spacial score (nSPS) is 11.5. The lowest BCUT2D eigenvalue weighted by molar-refractivity contribution is -0.359. The van der Waals surface area contributed by atoms with E-state index in [2.05, 4.69) is 157 Å². The highest BCUT2D eigenvalue weighted by atomic mass is 16.3. The topological polar surface area (TPSA) is 53.1 Å². The second-order valence-corrected chi connectivity index (χ2v) is 14.4. The summed E-state index contributed by atoms with van der Waals surface area (Å²) in [6, 6.07) is 70.3. The third-order valence-corrected chi connectivity index (χ3v) is 11.0. The molecule has 266 valence electrons. The van der Waals surface area contributed by atoms with Crippen molar-refractivity contribution in [2.45, 2.75) is 0 Å². The number of fused-ring (bicyclic) bond motifs is 5. The quantitative estimate of drug-likeness (QED) is 0.171. The number of furan rings is 1. The summed E-state index contributed by atoms with van der Waals surface area (Å²) in [5, 5.41) is 6.97. The Hall–Kier alpha value is -7.69. The summed E-state index contributed by atoms with van der Waals surface area (Å²) >= 11 is 0. The molecular formula is C53H34N3O+. The molecule has 0 bridgehead atoms. The van der Waals surface area contributed by atoms with Crippen LogP contribution >= 0.6 is 0 Å². The molecule has 57 heavy (non-hydrogen) atoms. The summed E-state index contributed by atoms with van der Waals surface area (Å²) in [5.41, 5.74) is 11.3. The number of benzene rings is 9. The third kappa shape index (κ3) is 5.74. The van der Waals surface area contributed by atoms with E-state index in [0.717, 1.165) is 78.1 Å². The van der Waals surface area contributed by atoms with Crippen molar-refractivity contribution in [3.05, 3.63) is 200 Å². The van der Waals surface area contributed by atoms with Gasteiger partial charge >= 0.3 is 5.82 Å². The summed E-state index contributed by atoms with van der Waals surface area (Å²) in [6.07, 6.45) is 0. The molecular weight excluding hydrogens is 695 g/mol. The number of H-pyrrole nitrogens is 1. The molecule has 4 nitrogen and oxygen atoms in total. The molecule has 0 aliphatic rings. The van der Waals surface area contributed by atoms with Gasteiger partial charge in [0.05, 0.1) is 16.7 Å². The van der Waals surface area contributed by atoms with Crippen LogP contribution in [-0.2, 0) is 0 Å². The summed E-state index contributed by atoms with van der Waals surface area (Å²) in [7, 11) is 0. The molecule has 0 radical (unpaired) electrons. The van der Waals surface area contributed by atoms with Crippen LogP contribution in [-0.4, -0.2) is 9.97 Å². The first-order valence-corrected chi connectivity index (χ1v) is 19.2. The number of rotatable bonds is 6. The Morgan fingerprint density at radius 3 is 1.65 bits per heavy atom. The van der Waals surface area contributed by atoms with Crippen molar-refractivity contribution in [3.63, 3.8) is 0 Å². The van der Waals surface area contributed by atoms with Crippen LogP contribution in [0.2, 0.25) is 0 Å². The van der Waals surface area contributed by atoms with Gasteiger partial charge in [0.1, 0.15) is 11.2 Å².